The molecular weight excluding hydrogens is 306 g/mol. The van der Waals surface area contributed by atoms with Gasteiger partial charge in [-0.25, -0.2) is 9.86 Å². The maximum absolute atomic E-state index is 12.1. The molecule has 1 saturated heterocycles. The van der Waals surface area contributed by atoms with E-state index in [0.717, 1.165) is 5.56 Å². The van der Waals surface area contributed by atoms with Crippen molar-refractivity contribution in [2.45, 2.75) is 20.4 Å². The SMILES string of the molecule is CN(C)C(=O)Nc1ccc(CN2OCC(C)(C)C2=O)c(Cl)c1. The Labute approximate surface area is 134 Å². The molecule has 0 radical (unpaired) electrons. The first-order chi connectivity index (χ1) is 10.2. The molecule has 0 spiro atoms. The number of amides is 3. The number of carbonyl (C=O) groups is 2. The quantitative estimate of drug-likeness (QED) is 0.929. The van der Waals surface area contributed by atoms with E-state index in [2.05, 4.69) is 5.32 Å². The molecule has 0 unspecified atom stereocenters. The van der Waals surface area contributed by atoms with Crippen LogP contribution in [0.3, 0.4) is 0 Å². The maximum Gasteiger partial charge on any atom is 0.321 e. The van der Waals surface area contributed by atoms with E-state index in [4.69, 9.17) is 16.4 Å². The first kappa shape index (κ1) is 16.6. The lowest BCUT2D eigenvalue weighted by Gasteiger charge is -2.18. The number of hydrogen-bond acceptors (Lipinski definition) is 3. The summed E-state index contributed by atoms with van der Waals surface area (Å²) >= 11 is 6.23. The van der Waals surface area contributed by atoms with Gasteiger partial charge in [0.1, 0.15) is 0 Å². The smallest absolute Gasteiger partial charge is 0.321 e. The highest BCUT2D eigenvalue weighted by Crippen LogP contribution is 2.30. The Bertz CT molecular complexity index is 602. The Hall–Kier alpha value is -1.79. The molecule has 1 aliphatic heterocycles. The fourth-order valence-electron chi connectivity index (χ4n) is 1.96. The predicted octanol–water partition coefficient (Wildman–Crippen LogP) is 2.73. The second-order valence-electron chi connectivity index (χ2n) is 6.13. The van der Waals surface area contributed by atoms with E-state index in [1.807, 2.05) is 13.8 Å². The molecule has 0 aromatic heterocycles. The van der Waals surface area contributed by atoms with Gasteiger partial charge in [0.2, 0.25) is 0 Å². The Morgan fingerprint density at radius 3 is 2.64 bits per heavy atom. The average molecular weight is 326 g/mol. The molecule has 1 aromatic rings. The van der Waals surface area contributed by atoms with Crippen LogP contribution in [0.2, 0.25) is 5.02 Å². The molecule has 22 heavy (non-hydrogen) atoms. The van der Waals surface area contributed by atoms with Crippen LogP contribution in [0.25, 0.3) is 0 Å². The third-order valence-electron chi connectivity index (χ3n) is 3.41. The number of urea groups is 1. The second-order valence-corrected chi connectivity index (χ2v) is 6.54. The lowest BCUT2D eigenvalue weighted by Crippen LogP contribution is -2.30. The van der Waals surface area contributed by atoms with Gasteiger partial charge in [-0.05, 0) is 31.5 Å². The second kappa shape index (κ2) is 6.14. The van der Waals surface area contributed by atoms with Gasteiger partial charge < -0.3 is 10.2 Å². The van der Waals surface area contributed by atoms with Crippen molar-refractivity contribution >= 4 is 29.2 Å². The summed E-state index contributed by atoms with van der Waals surface area (Å²) in [7, 11) is 3.31. The van der Waals surface area contributed by atoms with Crippen LogP contribution in [0.5, 0.6) is 0 Å². The Kier molecular flexibility index (Phi) is 4.63. The minimum Gasteiger partial charge on any atom is -0.331 e. The first-order valence-corrected chi connectivity index (χ1v) is 7.30. The highest BCUT2D eigenvalue weighted by Gasteiger charge is 2.40. The van der Waals surface area contributed by atoms with Crippen LogP contribution in [0.1, 0.15) is 19.4 Å². The van der Waals surface area contributed by atoms with Gasteiger partial charge in [-0.15, -0.1) is 0 Å². The van der Waals surface area contributed by atoms with Crippen LogP contribution in [-0.2, 0) is 16.2 Å². The number of nitrogens with zero attached hydrogens (tertiary/aromatic N) is 2. The van der Waals surface area contributed by atoms with Crippen molar-refractivity contribution in [2.75, 3.05) is 26.0 Å². The summed E-state index contributed by atoms with van der Waals surface area (Å²) in [5.74, 6) is -0.0615. The molecule has 1 heterocycles. The Balaban J connectivity index is 2.08. The van der Waals surface area contributed by atoms with Crippen molar-refractivity contribution in [3.05, 3.63) is 28.8 Å². The van der Waals surface area contributed by atoms with Crippen LogP contribution in [-0.4, -0.2) is 42.6 Å². The molecule has 0 saturated carbocycles. The number of anilines is 1. The van der Waals surface area contributed by atoms with Crippen molar-refractivity contribution in [2.24, 2.45) is 5.41 Å². The van der Waals surface area contributed by atoms with Crippen LogP contribution in [0, 0.1) is 5.41 Å². The molecule has 1 aromatic carbocycles. The van der Waals surface area contributed by atoms with E-state index in [0.29, 0.717) is 17.3 Å². The van der Waals surface area contributed by atoms with Gasteiger partial charge >= 0.3 is 6.03 Å². The van der Waals surface area contributed by atoms with E-state index < -0.39 is 5.41 Å². The van der Waals surface area contributed by atoms with Crippen LogP contribution in [0.4, 0.5) is 10.5 Å². The fraction of sp³-hybridized carbons (Fsp3) is 0.467. The summed E-state index contributed by atoms with van der Waals surface area (Å²) in [5, 5.41) is 4.52. The number of rotatable bonds is 3. The zero-order chi connectivity index (χ0) is 16.5. The first-order valence-electron chi connectivity index (χ1n) is 6.92. The largest absolute Gasteiger partial charge is 0.331 e. The number of benzene rings is 1. The molecule has 6 nitrogen and oxygen atoms in total. The van der Waals surface area contributed by atoms with Crippen molar-refractivity contribution in [1.82, 2.24) is 9.96 Å². The van der Waals surface area contributed by atoms with Crippen LogP contribution in [0.15, 0.2) is 18.2 Å². The van der Waals surface area contributed by atoms with Crippen molar-refractivity contribution < 1.29 is 14.4 Å². The molecule has 3 amide bonds. The van der Waals surface area contributed by atoms with Crippen LogP contribution < -0.4 is 5.32 Å². The highest BCUT2D eigenvalue weighted by molar-refractivity contribution is 6.31. The van der Waals surface area contributed by atoms with Gasteiger partial charge in [0.15, 0.2) is 0 Å². The highest BCUT2D eigenvalue weighted by atomic mass is 35.5. The zero-order valence-corrected chi connectivity index (χ0v) is 13.9. The Morgan fingerprint density at radius 1 is 1.45 bits per heavy atom. The van der Waals surface area contributed by atoms with E-state index in [9.17, 15) is 9.59 Å². The average Bonchev–Trinajstić information content (AvgIpc) is 2.68. The van der Waals surface area contributed by atoms with Crippen molar-refractivity contribution in [3.63, 3.8) is 0 Å². The van der Waals surface area contributed by atoms with Gasteiger partial charge in [0.05, 0.1) is 18.6 Å². The van der Waals surface area contributed by atoms with Crippen molar-refractivity contribution in [3.8, 4) is 0 Å². The molecule has 0 aliphatic carbocycles. The number of hydroxylamine groups is 2. The minimum absolute atomic E-state index is 0.0615. The lowest BCUT2D eigenvalue weighted by atomic mass is 9.95. The molecule has 2 rings (SSSR count). The van der Waals surface area contributed by atoms with E-state index in [-0.39, 0.29) is 18.5 Å². The minimum atomic E-state index is -0.508. The molecule has 1 aliphatic rings. The normalized spacial score (nSPS) is 16.8. The van der Waals surface area contributed by atoms with Gasteiger partial charge in [0, 0.05) is 24.8 Å². The molecular formula is C15H20ClN3O3. The van der Waals surface area contributed by atoms with E-state index in [1.54, 1.807) is 32.3 Å². The summed E-state index contributed by atoms with van der Waals surface area (Å²) in [6.07, 6.45) is 0. The number of carbonyl (C=O) groups excluding carboxylic acids is 2. The summed E-state index contributed by atoms with van der Waals surface area (Å²) in [5.41, 5.74) is 0.851. The lowest BCUT2D eigenvalue weighted by molar-refractivity contribution is -0.165. The van der Waals surface area contributed by atoms with E-state index >= 15 is 0 Å². The predicted molar refractivity (Wildman–Crippen MR) is 84.4 cm³/mol. The monoisotopic (exact) mass is 325 g/mol. The summed E-state index contributed by atoms with van der Waals surface area (Å²) in [6, 6.07) is 4.94. The third-order valence-corrected chi connectivity index (χ3v) is 3.76. The molecule has 1 N–H and O–H groups in total. The number of nitrogens with one attached hydrogen (secondary N) is 1. The van der Waals surface area contributed by atoms with Gasteiger partial charge in [-0.2, -0.15) is 0 Å². The molecule has 0 atom stereocenters. The van der Waals surface area contributed by atoms with Crippen LogP contribution >= 0.6 is 11.6 Å². The standard InChI is InChI=1S/C15H20ClN3O3/c1-15(2)9-22-19(13(15)20)8-10-5-6-11(7-12(10)16)17-14(21)18(3)4/h5-7H,8-9H2,1-4H3,(H,17,21). The van der Waals surface area contributed by atoms with E-state index in [1.165, 1.54) is 9.96 Å². The number of hydrogen-bond donors (Lipinski definition) is 1. The summed E-state index contributed by atoms with van der Waals surface area (Å²) < 4.78 is 0. The molecule has 0 bridgehead atoms. The summed E-state index contributed by atoms with van der Waals surface area (Å²) in [4.78, 5) is 30.6. The van der Waals surface area contributed by atoms with Gasteiger partial charge in [-0.1, -0.05) is 17.7 Å². The fourth-order valence-corrected chi connectivity index (χ4v) is 2.20. The Morgan fingerprint density at radius 2 is 2.14 bits per heavy atom. The van der Waals surface area contributed by atoms with Gasteiger partial charge in [-0.3, -0.25) is 9.63 Å². The summed E-state index contributed by atoms with van der Waals surface area (Å²) in [6.45, 7) is 4.33. The molecule has 120 valence electrons. The third kappa shape index (κ3) is 3.51. The number of halogens is 1. The molecule has 7 heteroatoms. The maximum atomic E-state index is 12.1. The van der Waals surface area contributed by atoms with Gasteiger partial charge in [0.25, 0.3) is 5.91 Å². The molecule has 1 fully saturated rings. The topological polar surface area (TPSA) is 61.9 Å². The van der Waals surface area contributed by atoms with Crippen molar-refractivity contribution in [1.29, 1.82) is 0 Å². The zero-order valence-electron chi connectivity index (χ0n) is 13.1.